The maximum atomic E-state index is 13.3. The number of nitrogens with two attached hydrogens (primary N) is 1. The molecule has 3 N–H and O–H groups in total. The van der Waals surface area contributed by atoms with E-state index >= 15 is 0 Å². The number of aryl methyl sites for hydroxylation is 1. The molecular weight excluding hydrogens is 460 g/mol. The van der Waals surface area contributed by atoms with Crippen LogP contribution in [0.2, 0.25) is 0 Å². The van der Waals surface area contributed by atoms with Crippen molar-refractivity contribution >= 4 is 39.9 Å². The van der Waals surface area contributed by atoms with Gasteiger partial charge in [-0.05, 0) is 68.1 Å². The molecule has 0 atom stereocenters. The number of fused-ring (bicyclic) bond motifs is 1. The molecule has 1 fully saturated rings. The van der Waals surface area contributed by atoms with Crippen LogP contribution in [0.5, 0.6) is 0 Å². The number of nitrogens with one attached hydrogen (secondary N) is 1. The summed E-state index contributed by atoms with van der Waals surface area (Å²) in [6, 6.07) is 13.8. The van der Waals surface area contributed by atoms with Crippen molar-refractivity contribution in [3.05, 3.63) is 75.7 Å². The molecule has 1 saturated heterocycles. The van der Waals surface area contributed by atoms with E-state index in [0.29, 0.717) is 17.8 Å². The van der Waals surface area contributed by atoms with Gasteiger partial charge in [0.2, 0.25) is 5.91 Å². The van der Waals surface area contributed by atoms with E-state index in [9.17, 15) is 9.59 Å². The molecular formula is C26H28N6O2S. The molecule has 3 aromatic heterocycles. The Morgan fingerprint density at radius 3 is 2.71 bits per heavy atom. The van der Waals surface area contributed by atoms with Gasteiger partial charge in [-0.25, -0.2) is 9.67 Å². The van der Waals surface area contributed by atoms with Gasteiger partial charge in [-0.15, -0.1) is 11.3 Å². The fourth-order valence-corrected chi connectivity index (χ4v) is 5.29. The van der Waals surface area contributed by atoms with E-state index in [0.717, 1.165) is 54.8 Å². The third-order valence-electron chi connectivity index (χ3n) is 6.45. The number of benzene rings is 1. The highest BCUT2D eigenvalue weighted by Gasteiger charge is 2.23. The van der Waals surface area contributed by atoms with Gasteiger partial charge in [0.25, 0.3) is 5.91 Å². The molecule has 0 aliphatic carbocycles. The number of aromatic nitrogens is 3. The SMILES string of the molecule is Cc1cc(C(=O)Nc2cccc(CN3CCC(C(N)=O)CC3)c2)c2cnn(Cc3cccs3)c2n1. The molecule has 4 heterocycles. The highest BCUT2D eigenvalue weighted by atomic mass is 32.1. The van der Waals surface area contributed by atoms with Crippen molar-refractivity contribution in [2.75, 3.05) is 18.4 Å². The number of pyridine rings is 1. The monoisotopic (exact) mass is 488 g/mol. The van der Waals surface area contributed by atoms with Crippen molar-refractivity contribution in [1.82, 2.24) is 19.7 Å². The molecule has 1 aromatic carbocycles. The molecule has 35 heavy (non-hydrogen) atoms. The first-order chi connectivity index (χ1) is 17.0. The first-order valence-electron chi connectivity index (χ1n) is 11.7. The number of nitrogens with zero attached hydrogens (tertiary/aromatic N) is 4. The van der Waals surface area contributed by atoms with Crippen LogP contribution in [0.25, 0.3) is 11.0 Å². The summed E-state index contributed by atoms with van der Waals surface area (Å²) in [5.74, 6) is -0.408. The van der Waals surface area contributed by atoms with Gasteiger partial charge >= 0.3 is 0 Å². The van der Waals surface area contributed by atoms with Crippen molar-refractivity contribution < 1.29 is 9.59 Å². The predicted molar refractivity (Wildman–Crippen MR) is 137 cm³/mol. The Bertz CT molecular complexity index is 1360. The number of amides is 2. The maximum Gasteiger partial charge on any atom is 0.256 e. The first kappa shape index (κ1) is 23.2. The van der Waals surface area contributed by atoms with E-state index in [1.54, 1.807) is 17.5 Å². The number of carbonyl (C=O) groups is 2. The molecule has 0 bridgehead atoms. The minimum absolute atomic E-state index is 0.0211. The lowest BCUT2D eigenvalue weighted by Gasteiger charge is -2.30. The van der Waals surface area contributed by atoms with Crippen molar-refractivity contribution in [3.63, 3.8) is 0 Å². The Morgan fingerprint density at radius 1 is 1.14 bits per heavy atom. The normalized spacial score (nSPS) is 14.9. The van der Waals surface area contributed by atoms with Crippen LogP contribution < -0.4 is 11.1 Å². The first-order valence-corrected chi connectivity index (χ1v) is 12.6. The van der Waals surface area contributed by atoms with Gasteiger partial charge in [0.1, 0.15) is 0 Å². The summed E-state index contributed by atoms with van der Waals surface area (Å²) >= 11 is 1.67. The zero-order valence-electron chi connectivity index (χ0n) is 19.6. The summed E-state index contributed by atoms with van der Waals surface area (Å²) in [4.78, 5) is 32.8. The van der Waals surface area contributed by atoms with Gasteiger partial charge in [-0.2, -0.15) is 5.10 Å². The van der Waals surface area contributed by atoms with Crippen molar-refractivity contribution in [3.8, 4) is 0 Å². The van der Waals surface area contributed by atoms with Crippen LogP contribution in [-0.4, -0.2) is 44.6 Å². The number of rotatable bonds is 7. The van der Waals surface area contributed by atoms with Crippen LogP contribution in [0.1, 0.15) is 39.3 Å². The topological polar surface area (TPSA) is 106 Å². The van der Waals surface area contributed by atoms with E-state index in [1.807, 2.05) is 47.3 Å². The Labute approximate surface area is 207 Å². The lowest BCUT2D eigenvalue weighted by Crippen LogP contribution is -2.38. The fourth-order valence-electron chi connectivity index (χ4n) is 4.61. The molecule has 9 heteroatoms. The Balaban J connectivity index is 1.30. The van der Waals surface area contributed by atoms with E-state index in [-0.39, 0.29) is 17.7 Å². The molecule has 4 aromatic rings. The summed E-state index contributed by atoms with van der Waals surface area (Å²) in [7, 11) is 0. The summed E-state index contributed by atoms with van der Waals surface area (Å²) in [6.45, 7) is 4.96. The predicted octanol–water partition coefficient (Wildman–Crippen LogP) is 3.80. The standard InChI is InChI=1S/C26H28N6O2S/c1-17-12-22(23-14-28-32(25(23)29-17)16-21-6-3-11-35-21)26(34)30-20-5-2-4-18(13-20)15-31-9-7-19(8-10-31)24(27)33/h2-6,11-14,19H,7-10,15-16H2,1H3,(H2,27,33)(H,30,34). The van der Waals surface area contributed by atoms with Gasteiger partial charge in [0.05, 0.1) is 23.7 Å². The van der Waals surface area contributed by atoms with Crippen molar-refractivity contribution in [2.45, 2.75) is 32.9 Å². The van der Waals surface area contributed by atoms with E-state index in [4.69, 9.17) is 5.73 Å². The number of likely N-dealkylation sites (tertiary alicyclic amines) is 1. The van der Waals surface area contributed by atoms with Crippen LogP contribution in [0.4, 0.5) is 5.69 Å². The average Bonchev–Trinajstić information content (AvgIpc) is 3.50. The number of hydrogen-bond acceptors (Lipinski definition) is 6. The lowest BCUT2D eigenvalue weighted by atomic mass is 9.96. The zero-order chi connectivity index (χ0) is 24.4. The third-order valence-corrected chi connectivity index (χ3v) is 7.31. The van der Waals surface area contributed by atoms with Crippen LogP contribution in [0.3, 0.4) is 0 Å². The quantitative estimate of drug-likeness (QED) is 0.412. The number of carbonyl (C=O) groups excluding carboxylic acids is 2. The minimum Gasteiger partial charge on any atom is -0.369 e. The van der Waals surface area contributed by atoms with Gasteiger partial charge in [-0.1, -0.05) is 18.2 Å². The van der Waals surface area contributed by atoms with Gasteiger partial charge in [0.15, 0.2) is 5.65 Å². The highest BCUT2D eigenvalue weighted by Crippen LogP contribution is 2.23. The van der Waals surface area contributed by atoms with Crippen LogP contribution in [-0.2, 0) is 17.9 Å². The molecule has 1 aliphatic rings. The number of thiophene rings is 1. The number of primary amides is 1. The number of hydrogen-bond donors (Lipinski definition) is 2. The van der Waals surface area contributed by atoms with E-state index < -0.39 is 0 Å². The van der Waals surface area contributed by atoms with Gasteiger partial charge in [-0.3, -0.25) is 14.5 Å². The fraction of sp³-hybridized carbons (Fsp3) is 0.308. The molecule has 5 rings (SSSR count). The molecule has 0 saturated carbocycles. The second kappa shape index (κ2) is 9.97. The van der Waals surface area contributed by atoms with Crippen LogP contribution in [0, 0.1) is 12.8 Å². The molecule has 0 unspecified atom stereocenters. The van der Waals surface area contributed by atoms with Crippen LogP contribution >= 0.6 is 11.3 Å². The van der Waals surface area contributed by atoms with E-state index in [1.165, 1.54) is 4.88 Å². The summed E-state index contributed by atoms with van der Waals surface area (Å²) in [6.07, 6.45) is 3.31. The van der Waals surface area contributed by atoms with Crippen molar-refractivity contribution in [1.29, 1.82) is 0 Å². The van der Waals surface area contributed by atoms with Crippen molar-refractivity contribution in [2.24, 2.45) is 11.7 Å². The smallest absolute Gasteiger partial charge is 0.256 e. The summed E-state index contributed by atoms with van der Waals surface area (Å²) in [5.41, 5.74) is 9.33. The molecule has 1 aliphatic heterocycles. The summed E-state index contributed by atoms with van der Waals surface area (Å²) < 4.78 is 1.84. The van der Waals surface area contributed by atoms with E-state index in [2.05, 4.69) is 32.4 Å². The average molecular weight is 489 g/mol. The zero-order valence-corrected chi connectivity index (χ0v) is 20.4. The summed E-state index contributed by atoms with van der Waals surface area (Å²) in [5, 5.41) is 10.3. The minimum atomic E-state index is -0.202. The van der Waals surface area contributed by atoms with Gasteiger partial charge < -0.3 is 11.1 Å². The van der Waals surface area contributed by atoms with Gasteiger partial charge in [0, 0.05) is 28.7 Å². The second-order valence-electron chi connectivity index (χ2n) is 9.04. The number of piperidine rings is 1. The molecule has 0 spiro atoms. The Kier molecular flexibility index (Phi) is 6.61. The van der Waals surface area contributed by atoms with Crippen LogP contribution in [0.15, 0.2) is 54.0 Å². The molecule has 2 amide bonds. The lowest BCUT2D eigenvalue weighted by molar-refractivity contribution is -0.123. The molecule has 180 valence electrons. The Morgan fingerprint density at radius 2 is 1.97 bits per heavy atom. The highest BCUT2D eigenvalue weighted by molar-refractivity contribution is 7.09. The second-order valence-corrected chi connectivity index (χ2v) is 10.1. The Hall–Kier alpha value is -3.56. The molecule has 8 nitrogen and oxygen atoms in total. The third kappa shape index (κ3) is 5.26. The largest absolute Gasteiger partial charge is 0.369 e. The maximum absolute atomic E-state index is 13.3. The molecule has 0 radical (unpaired) electrons. The number of anilines is 1.